The maximum absolute atomic E-state index is 11.4. The van der Waals surface area contributed by atoms with Crippen molar-refractivity contribution >= 4 is 12.2 Å². The summed E-state index contributed by atoms with van der Waals surface area (Å²) in [5, 5.41) is 0. The lowest BCUT2D eigenvalue weighted by molar-refractivity contribution is -0.00235. The van der Waals surface area contributed by atoms with Gasteiger partial charge in [0.05, 0.1) is 12.0 Å². The van der Waals surface area contributed by atoms with Crippen molar-refractivity contribution in [3.8, 4) is 0 Å². The monoisotopic (exact) mass is 314 g/mol. The van der Waals surface area contributed by atoms with E-state index in [2.05, 4.69) is 17.1 Å². The van der Waals surface area contributed by atoms with E-state index in [1.165, 1.54) is 5.56 Å². The van der Waals surface area contributed by atoms with Crippen molar-refractivity contribution in [2.75, 3.05) is 6.61 Å². The van der Waals surface area contributed by atoms with Gasteiger partial charge in [0.2, 0.25) is 0 Å². The van der Waals surface area contributed by atoms with Crippen molar-refractivity contribution in [1.29, 1.82) is 0 Å². The molecule has 0 N–H and O–H groups in total. The first kappa shape index (κ1) is 16.8. The molecule has 0 unspecified atom stereocenters. The van der Waals surface area contributed by atoms with Gasteiger partial charge in [0.25, 0.3) is 0 Å². The minimum absolute atomic E-state index is 0.153. The number of benzene rings is 1. The van der Waals surface area contributed by atoms with Crippen molar-refractivity contribution < 1.29 is 14.3 Å². The number of aromatic nitrogens is 2. The number of carbonyl (C=O) groups is 1. The predicted molar refractivity (Wildman–Crippen MR) is 89.0 cm³/mol. The molecule has 0 spiro atoms. The Labute approximate surface area is 136 Å². The van der Waals surface area contributed by atoms with E-state index >= 15 is 0 Å². The Morgan fingerprint density at radius 1 is 1.26 bits per heavy atom. The zero-order valence-corrected chi connectivity index (χ0v) is 13.7. The van der Waals surface area contributed by atoms with Crippen LogP contribution in [0.2, 0.25) is 0 Å². The molecule has 0 aliphatic rings. The van der Waals surface area contributed by atoms with Gasteiger partial charge in [-0.25, -0.2) is 9.78 Å². The summed E-state index contributed by atoms with van der Waals surface area (Å²) in [7, 11) is 0. The molecule has 122 valence electrons. The van der Waals surface area contributed by atoms with Gasteiger partial charge in [0.1, 0.15) is 12.2 Å². The molecular formula is C18H22N2O3. The average molecular weight is 314 g/mol. The van der Waals surface area contributed by atoms with Crippen LogP contribution >= 0.6 is 0 Å². The lowest BCUT2D eigenvalue weighted by Gasteiger charge is -2.18. The molecule has 5 nitrogen and oxygen atoms in total. The highest BCUT2D eigenvalue weighted by atomic mass is 16.7. The molecule has 0 aliphatic carbocycles. The van der Waals surface area contributed by atoms with Crippen LogP contribution in [0.1, 0.15) is 32.0 Å². The van der Waals surface area contributed by atoms with Crippen LogP contribution in [0, 0.1) is 0 Å². The molecule has 0 fully saturated rings. The number of hydrogen-bond acceptors (Lipinski definition) is 4. The fraction of sp³-hybridized carbons (Fsp3) is 0.333. The third-order valence-electron chi connectivity index (χ3n) is 2.84. The summed E-state index contributed by atoms with van der Waals surface area (Å²) < 4.78 is 12.0. The van der Waals surface area contributed by atoms with E-state index in [1.54, 1.807) is 33.2 Å². The van der Waals surface area contributed by atoms with Crippen molar-refractivity contribution in [2.24, 2.45) is 0 Å². The van der Waals surface area contributed by atoms with E-state index in [0.29, 0.717) is 0 Å². The van der Waals surface area contributed by atoms with Gasteiger partial charge in [0, 0.05) is 12.7 Å². The Bertz CT molecular complexity index is 654. The summed E-state index contributed by atoms with van der Waals surface area (Å²) in [5.74, 6) is 0. The van der Waals surface area contributed by atoms with Crippen LogP contribution in [-0.4, -0.2) is 27.9 Å². The zero-order chi connectivity index (χ0) is 16.7. The molecular weight excluding hydrogens is 292 g/mol. The van der Waals surface area contributed by atoms with Crippen LogP contribution in [0.15, 0.2) is 48.9 Å². The minimum Gasteiger partial charge on any atom is -0.430 e. The Hall–Kier alpha value is -2.56. The lowest BCUT2D eigenvalue weighted by Crippen LogP contribution is -2.24. The Morgan fingerprint density at radius 3 is 2.70 bits per heavy atom. The van der Waals surface area contributed by atoms with Gasteiger partial charge in [0.15, 0.2) is 0 Å². The first-order valence-electron chi connectivity index (χ1n) is 7.50. The van der Waals surface area contributed by atoms with Gasteiger partial charge < -0.3 is 14.0 Å². The summed E-state index contributed by atoms with van der Waals surface area (Å²) in [5.41, 5.74) is 1.49. The third kappa shape index (κ3) is 6.38. The SMILES string of the molecule is CC(C)(C)OC(=O)OC/C=C/c1cn(Cc2ccccc2)cn1. The molecule has 0 aliphatic heterocycles. The molecule has 1 aromatic carbocycles. The van der Waals surface area contributed by atoms with Crippen LogP contribution in [0.25, 0.3) is 6.08 Å². The highest BCUT2D eigenvalue weighted by Crippen LogP contribution is 2.08. The van der Waals surface area contributed by atoms with Crippen molar-refractivity contribution in [2.45, 2.75) is 32.9 Å². The molecule has 2 rings (SSSR count). The molecule has 1 aromatic heterocycles. The highest BCUT2D eigenvalue weighted by molar-refractivity contribution is 5.60. The first-order valence-corrected chi connectivity index (χ1v) is 7.50. The van der Waals surface area contributed by atoms with Crippen molar-refractivity contribution in [3.63, 3.8) is 0 Å². The summed E-state index contributed by atoms with van der Waals surface area (Å²) in [4.78, 5) is 15.7. The van der Waals surface area contributed by atoms with Crippen LogP contribution in [0.5, 0.6) is 0 Å². The Morgan fingerprint density at radius 2 is 2.00 bits per heavy atom. The number of carbonyl (C=O) groups excluding carboxylic acids is 1. The maximum Gasteiger partial charge on any atom is 0.509 e. The maximum atomic E-state index is 11.4. The normalized spacial score (nSPS) is 11.6. The third-order valence-corrected chi connectivity index (χ3v) is 2.84. The smallest absolute Gasteiger partial charge is 0.430 e. The lowest BCUT2D eigenvalue weighted by atomic mass is 10.2. The van der Waals surface area contributed by atoms with Crippen LogP contribution in [0.3, 0.4) is 0 Å². The molecule has 0 saturated heterocycles. The molecule has 1 heterocycles. The average Bonchev–Trinajstić information content (AvgIpc) is 2.90. The van der Waals surface area contributed by atoms with E-state index in [4.69, 9.17) is 9.47 Å². The molecule has 2 aromatic rings. The van der Waals surface area contributed by atoms with Gasteiger partial charge in [-0.2, -0.15) is 0 Å². The summed E-state index contributed by atoms with van der Waals surface area (Å²) in [6.45, 7) is 6.31. The molecule has 5 heteroatoms. The van der Waals surface area contributed by atoms with E-state index in [0.717, 1.165) is 12.2 Å². The topological polar surface area (TPSA) is 53.4 Å². The van der Waals surface area contributed by atoms with Gasteiger partial charge in [-0.05, 0) is 38.5 Å². The molecule has 0 saturated carbocycles. The second-order valence-corrected chi connectivity index (χ2v) is 6.13. The van der Waals surface area contributed by atoms with Gasteiger partial charge in [-0.3, -0.25) is 0 Å². The van der Waals surface area contributed by atoms with Crippen LogP contribution in [0.4, 0.5) is 4.79 Å². The molecule has 0 amide bonds. The van der Waals surface area contributed by atoms with Gasteiger partial charge in [-0.15, -0.1) is 0 Å². The molecule has 23 heavy (non-hydrogen) atoms. The number of nitrogens with zero attached hydrogens (tertiary/aromatic N) is 2. The number of ether oxygens (including phenoxy) is 2. The predicted octanol–water partition coefficient (Wildman–Crippen LogP) is 3.90. The van der Waals surface area contributed by atoms with E-state index < -0.39 is 11.8 Å². The largest absolute Gasteiger partial charge is 0.509 e. The summed E-state index contributed by atoms with van der Waals surface area (Å²) in [6.07, 6.45) is 6.60. The number of hydrogen-bond donors (Lipinski definition) is 0. The van der Waals surface area contributed by atoms with E-state index in [1.807, 2.05) is 35.0 Å². The summed E-state index contributed by atoms with van der Waals surface area (Å²) in [6, 6.07) is 10.2. The second-order valence-electron chi connectivity index (χ2n) is 6.13. The number of rotatable bonds is 5. The van der Waals surface area contributed by atoms with Crippen LogP contribution < -0.4 is 0 Å². The molecule has 0 radical (unpaired) electrons. The first-order chi connectivity index (χ1) is 10.9. The van der Waals surface area contributed by atoms with E-state index in [-0.39, 0.29) is 6.61 Å². The van der Waals surface area contributed by atoms with Crippen molar-refractivity contribution in [3.05, 3.63) is 60.2 Å². The highest BCUT2D eigenvalue weighted by Gasteiger charge is 2.16. The number of imidazole rings is 1. The molecule has 0 bridgehead atoms. The van der Waals surface area contributed by atoms with E-state index in [9.17, 15) is 4.79 Å². The standard InChI is InChI=1S/C18H22N2O3/c1-18(2,3)23-17(21)22-11-7-10-16-13-20(14-19-16)12-15-8-5-4-6-9-15/h4-10,13-14H,11-12H2,1-3H3/b10-7+. The fourth-order valence-corrected chi connectivity index (χ4v) is 1.91. The molecule has 0 atom stereocenters. The zero-order valence-electron chi connectivity index (χ0n) is 13.7. The second kappa shape index (κ2) is 7.63. The summed E-state index contributed by atoms with van der Waals surface area (Å²) >= 11 is 0. The van der Waals surface area contributed by atoms with Gasteiger partial charge >= 0.3 is 6.16 Å². The quantitative estimate of drug-likeness (QED) is 0.786. The Balaban J connectivity index is 1.79. The fourth-order valence-electron chi connectivity index (χ4n) is 1.91. The van der Waals surface area contributed by atoms with Gasteiger partial charge in [-0.1, -0.05) is 30.3 Å². The minimum atomic E-state index is -0.670. The van der Waals surface area contributed by atoms with Crippen molar-refractivity contribution in [1.82, 2.24) is 9.55 Å². The Kier molecular flexibility index (Phi) is 5.57. The van der Waals surface area contributed by atoms with Crippen LogP contribution in [-0.2, 0) is 16.0 Å².